The molecule has 0 fully saturated rings. The van der Waals surface area contributed by atoms with Crippen LogP contribution in [0.1, 0.15) is 5.56 Å². The minimum atomic E-state index is 0.403. The number of rotatable bonds is 3. The Morgan fingerprint density at radius 3 is 2.95 bits per heavy atom. The largest absolute Gasteiger partial charge is 0.496 e. The number of aromatic nitrogens is 3. The molecule has 0 atom stereocenters. The van der Waals surface area contributed by atoms with Crippen molar-refractivity contribution in [2.75, 3.05) is 12.8 Å². The lowest BCUT2D eigenvalue weighted by Crippen LogP contribution is -2.07. The number of hydrogen-bond acceptors (Lipinski definition) is 4. The maximum absolute atomic E-state index is 6.25. The van der Waals surface area contributed by atoms with Crippen LogP contribution in [0.2, 0.25) is 5.02 Å². The van der Waals surface area contributed by atoms with E-state index in [9.17, 15) is 0 Å². The fourth-order valence-corrected chi connectivity index (χ4v) is 2.40. The van der Waals surface area contributed by atoms with E-state index < -0.39 is 0 Å². The van der Waals surface area contributed by atoms with E-state index in [1.807, 2.05) is 34.9 Å². The van der Waals surface area contributed by atoms with Gasteiger partial charge in [0.15, 0.2) is 5.65 Å². The van der Waals surface area contributed by atoms with Crippen LogP contribution in [0, 0.1) is 0 Å². The van der Waals surface area contributed by atoms with Gasteiger partial charge in [0.25, 0.3) is 0 Å². The molecule has 0 aliphatic rings. The lowest BCUT2D eigenvalue weighted by molar-refractivity contribution is 0.408. The number of nitrogens with zero attached hydrogens (tertiary/aromatic N) is 3. The van der Waals surface area contributed by atoms with Crippen molar-refractivity contribution in [1.82, 2.24) is 14.5 Å². The van der Waals surface area contributed by atoms with Crippen molar-refractivity contribution in [1.29, 1.82) is 0 Å². The Kier molecular flexibility index (Phi) is 3.20. The molecule has 0 saturated heterocycles. The van der Waals surface area contributed by atoms with E-state index in [0.29, 0.717) is 17.5 Å². The number of nitrogen functional groups attached to an aromatic ring is 1. The molecular weight excluding hydrogens is 276 g/mol. The van der Waals surface area contributed by atoms with Crippen LogP contribution in [0.15, 0.2) is 36.5 Å². The van der Waals surface area contributed by atoms with Crippen molar-refractivity contribution in [3.63, 3.8) is 0 Å². The van der Waals surface area contributed by atoms with Gasteiger partial charge in [-0.05, 0) is 24.3 Å². The van der Waals surface area contributed by atoms with E-state index in [0.717, 1.165) is 22.5 Å². The molecule has 102 valence electrons. The van der Waals surface area contributed by atoms with E-state index >= 15 is 0 Å². The highest BCUT2D eigenvalue weighted by molar-refractivity contribution is 6.31. The highest BCUT2D eigenvalue weighted by atomic mass is 35.5. The van der Waals surface area contributed by atoms with Gasteiger partial charge in [-0.2, -0.15) is 0 Å². The van der Waals surface area contributed by atoms with Crippen LogP contribution >= 0.6 is 11.6 Å². The molecule has 2 heterocycles. The molecule has 0 bridgehead atoms. The first-order chi connectivity index (χ1) is 9.70. The van der Waals surface area contributed by atoms with Gasteiger partial charge >= 0.3 is 0 Å². The minimum absolute atomic E-state index is 0.403. The zero-order chi connectivity index (χ0) is 14.1. The number of fused-ring (bicyclic) bond motifs is 1. The molecule has 0 spiro atoms. The van der Waals surface area contributed by atoms with Gasteiger partial charge in [-0.3, -0.25) is 4.57 Å². The normalized spacial score (nSPS) is 10.9. The van der Waals surface area contributed by atoms with Crippen LogP contribution in [0.25, 0.3) is 11.2 Å². The molecule has 2 N–H and O–H groups in total. The summed E-state index contributed by atoms with van der Waals surface area (Å²) in [5.41, 5.74) is 8.31. The molecule has 3 rings (SSSR count). The smallest absolute Gasteiger partial charge is 0.202 e. The van der Waals surface area contributed by atoms with Crippen molar-refractivity contribution in [3.8, 4) is 5.75 Å². The van der Waals surface area contributed by atoms with Gasteiger partial charge in [0, 0.05) is 16.8 Å². The SMILES string of the molecule is COc1cccc(Cl)c1Cn1c(N)nc2cccnc21. The Bertz CT molecular complexity index is 769. The van der Waals surface area contributed by atoms with E-state index in [-0.39, 0.29) is 0 Å². The summed E-state index contributed by atoms with van der Waals surface area (Å²) in [7, 11) is 1.61. The van der Waals surface area contributed by atoms with Crippen molar-refractivity contribution in [3.05, 3.63) is 47.1 Å². The number of methoxy groups -OCH3 is 1. The average Bonchev–Trinajstić information content (AvgIpc) is 2.77. The van der Waals surface area contributed by atoms with Crippen molar-refractivity contribution in [2.24, 2.45) is 0 Å². The molecule has 0 unspecified atom stereocenters. The number of imidazole rings is 1. The molecule has 0 saturated carbocycles. The number of nitrogens with two attached hydrogens (primary N) is 1. The summed E-state index contributed by atoms with van der Waals surface area (Å²) in [5.74, 6) is 1.12. The van der Waals surface area contributed by atoms with Gasteiger partial charge in [0.2, 0.25) is 5.95 Å². The lowest BCUT2D eigenvalue weighted by Gasteiger charge is -2.12. The third-order valence-corrected chi connectivity index (χ3v) is 3.50. The van der Waals surface area contributed by atoms with Crippen LogP contribution < -0.4 is 10.5 Å². The van der Waals surface area contributed by atoms with Crippen molar-refractivity contribution < 1.29 is 4.74 Å². The number of hydrogen-bond donors (Lipinski definition) is 1. The van der Waals surface area contributed by atoms with Crippen LogP contribution in [0.4, 0.5) is 5.95 Å². The first kappa shape index (κ1) is 12.7. The van der Waals surface area contributed by atoms with Crippen LogP contribution in [-0.2, 0) is 6.54 Å². The molecule has 1 aromatic carbocycles. The summed E-state index contributed by atoms with van der Waals surface area (Å²) in [6.45, 7) is 0.461. The molecule has 2 aromatic heterocycles. The molecule has 3 aromatic rings. The number of benzene rings is 1. The van der Waals surface area contributed by atoms with Gasteiger partial charge in [-0.15, -0.1) is 0 Å². The first-order valence-corrected chi connectivity index (χ1v) is 6.46. The Labute approximate surface area is 121 Å². The van der Waals surface area contributed by atoms with E-state index in [1.165, 1.54) is 0 Å². The Balaban J connectivity index is 2.12. The predicted molar refractivity (Wildman–Crippen MR) is 79.0 cm³/mol. The molecule has 5 nitrogen and oxygen atoms in total. The monoisotopic (exact) mass is 288 g/mol. The highest BCUT2D eigenvalue weighted by Gasteiger charge is 2.14. The standard InChI is InChI=1S/C14H13ClN4O/c1-20-12-6-2-4-10(15)9(12)8-19-13-11(18-14(19)16)5-3-7-17-13/h2-7H,8H2,1H3,(H2,16,18). The predicted octanol–water partition coefficient (Wildman–Crippen LogP) is 2.72. The number of ether oxygens (including phenoxy) is 1. The number of pyridine rings is 1. The quantitative estimate of drug-likeness (QED) is 0.805. The van der Waals surface area contributed by atoms with Crippen LogP contribution in [-0.4, -0.2) is 21.6 Å². The molecule has 0 aliphatic heterocycles. The summed E-state index contributed by atoms with van der Waals surface area (Å²) in [6.07, 6.45) is 1.71. The first-order valence-electron chi connectivity index (χ1n) is 6.09. The fourth-order valence-electron chi connectivity index (χ4n) is 2.17. The number of halogens is 1. The third kappa shape index (κ3) is 2.06. The molecule has 6 heteroatoms. The second kappa shape index (κ2) is 5.02. The third-order valence-electron chi connectivity index (χ3n) is 3.15. The minimum Gasteiger partial charge on any atom is -0.496 e. The van der Waals surface area contributed by atoms with Crippen molar-refractivity contribution >= 4 is 28.7 Å². The maximum atomic E-state index is 6.25. The second-order valence-corrected chi connectivity index (χ2v) is 4.73. The molecule has 20 heavy (non-hydrogen) atoms. The summed E-state index contributed by atoms with van der Waals surface area (Å²) >= 11 is 6.25. The van der Waals surface area contributed by atoms with E-state index in [4.69, 9.17) is 22.1 Å². The maximum Gasteiger partial charge on any atom is 0.202 e. The average molecular weight is 289 g/mol. The second-order valence-electron chi connectivity index (χ2n) is 4.32. The highest BCUT2D eigenvalue weighted by Crippen LogP contribution is 2.29. The Hall–Kier alpha value is -2.27. The summed E-state index contributed by atoms with van der Waals surface area (Å²) in [6, 6.07) is 9.23. The number of anilines is 1. The van der Waals surface area contributed by atoms with Crippen LogP contribution in [0.5, 0.6) is 5.75 Å². The summed E-state index contributed by atoms with van der Waals surface area (Å²) < 4.78 is 7.17. The van der Waals surface area contributed by atoms with Gasteiger partial charge in [0.1, 0.15) is 11.3 Å². The molecule has 0 aliphatic carbocycles. The van der Waals surface area contributed by atoms with Gasteiger partial charge in [-0.25, -0.2) is 9.97 Å². The summed E-state index contributed by atoms with van der Waals surface area (Å²) in [5, 5.41) is 0.626. The zero-order valence-electron chi connectivity index (χ0n) is 10.9. The lowest BCUT2D eigenvalue weighted by atomic mass is 10.2. The van der Waals surface area contributed by atoms with Crippen molar-refractivity contribution in [2.45, 2.75) is 6.54 Å². The zero-order valence-corrected chi connectivity index (χ0v) is 11.6. The van der Waals surface area contributed by atoms with Crippen LogP contribution in [0.3, 0.4) is 0 Å². The van der Waals surface area contributed by atoms with E-state index in [2.05, 4.69) is 9.97 Å². The molecular formula is C14H13ClN4O. The van der Waals surface area contributed by atoms with Gasteiger partial charge in [0.05, 0.1) is 13.7 Å². The Morgan fingerprint density at radius 1 is 1.30 bits per heavy atom. The molecule has 0 amide bonds. The fraction of sp³-hybridized carbons (Fsp3) is 0.143. The van der Waals surface area contributed by atoms with Gasteiger partial charge in [-0.1, -0.05) is 17.7 Å². The van der Waals surface area contributed by atoms with E-state index in [1.54, 1.807) is 13.3 Å². The topological polar surface area (TPSA) is 66.0 Å². The van der Waals surface area contributed by atoms with Gasteiger partial charge < -0.3 is 10.5 Å². The Morgan fingerprint density at radius 2 is 2.15 bits per heavy atom. The molecule has 0 radical (unpaired) electrons. The summed E-state index contributed by atoms with van der Waals surface area (Å²) in [4.78, 5) is 8.61.